The summed E-state index contributed by atoms with van der Waals surface area (Å²) in [6, 6.07) is 9.48. The SMILES string of the molecule is CCOC(=O)c1ccc(S(=O)(=O)NCc2ccc3c(c2)OCCO3)c(Br)c1. The van der Waals surface area contributed by atoms with Gasteiger partial charge in [-0.05, 0) is 58.7 Å². The maximum Gasteiger partial charge on any atom is 0.338 e. The van der Waals surface area contributed by atoms with Gasteiger partial charge in [-0.15, -0.1) is 0 Å². The van der Waals surface area contributed by atoms with Gasteiger partial charge in [-0.25, -0.2) is 17.9 Å². The van der Waals surface area contributed by atoms with E-state index in [1.807, 2.05) is 0 Å². The topological polar surface area (TPSA) is 90.9 Å². The van der Waals surface area contributed by atoms with E-state index < -0.39 is 16.0 Å². The Morgan fingerprint density at radius 2 is 1.89 bits per heavy atom. The number of carbonyl (C=O) groups excluding carboxylic acids is 1. The van der Waals surface area contributed by atoms with Crippen LogP contribution in [0.4, 0.5) is 0 Å². The van der Waals surface area contributed by atoms with Crippen molar-refractivity contribution >= 4 is 31.9 Å². The van der Waals surface area contributed by atoms with Crippen molar-refractivity contribution in [2.75, 3.05) is 19.8 Å². The number of hydrogen-bond donors (Lipinski definition) is 1. The van der Waals surface area contributed by atoms with Gasteiger partial charge in [-0.2, -0.15) is 0 Å². The highest BCUT2D eigenvalue weighted by molar-refractivity contribution is 9.10. The third kappa shape index (κ3) is 4.60. The van der Waals surface area contributed by atoms with Crippen LogP contribution in [0.2, 0.25) is 0 Å². The summed E-state index contributed by atoms with van der Waals surface area (Å²) in [6.07, 6.45) is 0. The van der Waals surface area contributed by atoms with Crippen LogP contribution in [0.15, 0.2) is 45.8 Å². The van der Waals surface area contributed by atoms with Gasteiger partial charge in [0.25, 0.3) is 0 Å². The van der Waals surface area contributed by atoms with Crippen molar-refractivity contribution in [2.45, 2.75) is 18.4 Å². The van der Waals surface area contributed by atoms with Crippen LogP contribution in [0.25, 0.3) is 0 Å². The molecule has 0 spiro atoms. The van der Waals surface area contributed by atoms with Gasteiger partial charge in [0.1, 0.15) is 13.2 Å². The van der Waals surface area contributed by atoms with Gasteiger partial charge in [-0.3, -0.25) is 0 Å². The summed E-state index contributed by atoms with van der Waals surface area (Å²) in [6.45, 7) is 2.99. The Bertz CT molecular complexity index is 960. The molecule has 0 unspecified atom stereocenters. The molecule has 1 heterocycles. The van der Waals surface area contributed by atoms with E-state index in [1.54, 1.807) is 25.1 Å². The maximum absolute atomic E-state index is 12.6. The van der Waals surface area contributed by atoms with E-state index in [-0.39, 0.29) is 28.1 Å². The molecule has 9 heteroatoms. The van der Waals surface area contributed by atoms with E-state index in [9.17, 15) is 13.2 Å². The predicted octanol–water partition coefficient (Wildman–Crippen LogP) is 2.88. The van der Waals surface area contributed by atoms with Crippen LogP contribution in [-0.4, -0.2) is 34.2 Å². The fourth-order valence-corrected chi connectivity index (χ4v) is 4.61. The van der Waals surface area contributed by atoms with Gasteiger partial charge in [0.05, 0.1) is 17.1 Å². The number of rotatable bonds is 6. The number of carbonyl (C=O) groups is 1. The Morgan fingerprint density at radius 3 is 2.59 bits per heavy atom. The molecule has 2 aromatic carbocycles. The van der Waals surface area contributed by atoms with Crippen LogP contribution in [0, 0.1) is 0 Å². The molecule has 1 aliphatic heterocycles. The highest BCUT2D eigenvalue weighted by Crippen LogP contribution is 2.31. The predicted molar refractivity (Wildman–Crippen MR) is 102 cm³/mol. The standard InChI is InChI=1S/C18H18BrNO6S/c1-2-24-18(21)13-4-6-17(14(19)10-13)27(22,23)20-11-12-3-5-15-16(9-12)26-8-7-25-15/h3-6,9-10,20H,2,7-8,11H2,1H3. The number of benzene rings is 2. The van der Waals surface area contributed by atoms with E-state index >= 15 is 0 Å². The second kappa shape index (κ2) is 8.28. The molecular formula is C18H18BrNO6S. The smallest absolute Gasteiger partial charge is 0.338 e. The zero-order chi connectivity index (χ0) is 19.4. The maximum atomic E-state index is 12.6. The van der Waals surface area contributed by atoms with Gasteiger partial charge < -0.3 is 14.2 Å². The molecule has 7 nitrogen and oxygen atoms in total. The lowest BCUT2D eigenvalue weighted by Gasteiger charge is -2.19. The van der Waals surface area contributed by atoms with E-state index in [0.29, 0.717) is 24.7 Å². The zero-order valence-corrected chi connectivity index (χ0v) is 16.9. The molecule has 0 bridgehead atoms. The Hall–Kier alpha value is -2.10. The minimum absolute atomic E-state index is 0.0353. The van der Waals surface area contributed by atoms with Crippen LogP contribution in [0.3, 0.4) is 0 Å². The summed E-state index contributed by atoms with van der Waals surface area (Å²) in [7, 11) is -3.79. The average Bonchev–Trinajstić information content (AvgIpc) is 2.66. The van der Waals surface area contributed by atoms with E-state index in [4.69, 9.17) is 14.2 Å². The fourth-order valence-electron chi connectivity index (χ4n) is 2.51. The highest BCUT2D eigenvalue weighted by Gasteiger charge is 2.20. The summed E-state index contributed by atoms with van der Waals surface area (Å²) in [5.74, 6) is 0.731. The van der Waals surface area contributed by atoms with Crippen LogP contribution < -0.4 is 14.2 Å². The third-order valence-electron chi connectivity index (χ3n) is 3.81. The quantitative estimate of drug-likeness (QED) is 0.673. The van der Waals surface area contributed by atoms with Crippen molar-refractivity contribution in [2.24, 2.45) is 0 Å². The first-order valence-electron chi connectivity index (χ1n) is 8.25. The number of sulfonamides is 1. The molecule has 0 aromatic heterocycles. The summed E-state index contributed by atoms with van der Waals surface area (Å²) in [4.78, 5) is 11.8. The molecule has 0 fully saturated rings. The van der Waals surface area contributed by atoms with Crippen molar-refractivity contribution in [1.82, 2.24) is 4.72 Å². The molecule has 144 valence electrons. The Kier molecular flexibility index (Phi) is 6.03. The fraction of sp³-hybridized carbons (Fsp3) is 0.278. The summed E-state index contributed by atoms with van der Waals surface area (Å²) in [5, 5.41) is 0. The van der Waals surface area contributed by atoms with Crippen molar-refractivity contribution in [3.8, 4) is 11.5 Å². The second-order valence-electron chi connectivity index (χ2n) is 5.67. The largest absolute Gasteiger partial charge is 0.486 e. The van der Waals surface area contributed by atoms with Crippen molar-refractivity contribution < 1.29 is 27.4 Å². The number of fused-ring (bicyclic) bond motifs is 1. The highest BCUT2D eigenvalue weighted by atomic mass is 79.9. The number of esters is 1. The molecule has 0 aliphatic carbocycles. The number of ether oxygens (including phenoxy) is 3. The second-order valence-corrected chi connectivity index (χ2v) is 8.26. The first-order chi connectivity index (χ1) is 12.9. The Balaban J connectivity index is 1.74. The summed E-state index contributed by atoms with van der Waals surface area (Å²) >= 11 is 3.21. The lowest BCUT2D eigenvalue weighted by atomic mass is 10.2. The average molecular weight is 456 g/mol. The van der Waals surface area contributed by atoms with Gasteiger partial charge >= 0.3 is 5.97 Å². The molecule has 1 N–H and O–H groups in total. The van der Waals surface area contributed by atoms with E-state index in [1.165, 1.54) is 18.2 Å². The molecule has 0 saturated heterocycles. The normalized spacial score (nSPS) is 13.3. The number of hydrogen-bond acceptors (Lipinski definition) is 6. The van der Waals surface area contributed by atoms with Crippen LogP contribution >= 0.6 is 15.9 Å². The Labute approximate surface area is 165 Å². The zero-order valence-electron chi connectivity index (χ0n) is 14.5. The van der Waals surface area contributed by atoms with Gasteiger partial charge in [0.2, 0.25) is 10.0 Å². The lowest BCUT2D eigenvalue weighted by molar-refractivity contribution is 0.0526. The van der Waals surface area contributed by atoms with E-state index in [0.717, 1.165) is 5.56 Å². The molecule has 27 heavy (non-hydrogen) atoms. The Morgan fingerprint density at radius 1 is 1.15 bits per heavy atom. The van der Waals surface area contributed by atoms with Crippen molar-refractivity contribution in [3.63, 3.8) is 0 Å². The van der Waals surface area contributed by atoms with Crippen molar-refractivity contribution in [3.05, 3.63) is 52.0 Å². The summed E-state index contributed by atoms with van der Waals surface area (Å²) < 4.78 is 43.9. The first kappa shape index (κ1) is 19.7. The molecular weight excluding hydrogens is 438 g/mol. The first-order valence-corrected chi connectivity index (χ1v) is 10.5. The van der Waals surface area contributed by atoms with Crippen molar-refractivity contribution in [1.29, 1.82) is 0 Å². The van der Waals surface area contributed by atoms with Crippen LogP contribution in [0.1, 0.15) is 22.8 Å². The van der Waals surface area contributed by atoms with Gasteiger partial charge in [-0.1, -0.05) is 6.07 Å². The lowest BCUT2D eigenvalue weighted by Crippen LogP contribution is -2.24. The number of halogens is 1. The van der Waals surface area contributed by atoms with Gasteiger partial charge in [0, 0.05) is 11.0 Å². The molecule has 0 atom stereocenters. The molecule has 1 aliphatic rings. The van der Waals surface area contributed by atoms with Gasteiger partial charge in [0.15, 0.2) is 11.5 Å². The number of nitrogens with one attached hydrogen (secondary N) is 1. The molecule has 0 amide bonds. The molecule has 0 saturated carbocycles. The monoisotopic (exact) mass is 455 g/mol. The minimum Gasteiger partial charge on any atom is -0.486 e. The molecule has 0 radical (unpaired) electrons. The molecule has 3 rings (SSSR count). The summed E-state index contributed by atoms with van der Waals surface area (Å²) in [5.41, 5.74) is 1.01. The van der Waals surface area contributed by atoms with Crippen LogP contribution in [0.5, 0.6) is 11.5 Å². The van der Waals surface area contributed by atoms with Crippen LogP contribution in [-0.2, 0) is 21.3 Å². The van der Waals surface area contributed by atoms with E-state index in [2.05, 4.69) is 20.7 Å². The minimum atomic E-state index is -3.79. The molecule has 2 aromatic rings. The third-order valence-corrected chi connectivity index (χ3v) is 6.18.